The van der Waals surface area contributed by atoms with Crippen molar-refractivity contribution in [1.29, 1.82) is 5.41 Å². The highest BCUT2D eigenvalue weighted by Crippen LogP contribution is 2.14. The van der Waals surface area contributed by atoms with Crippen molar-refractivity contribution in [2.75, 3.05) is 33.2 Å². The number of rotatable bonds is 2. The third-order valence-corrected chi connectivity index (χ3v) is 3.26. The standard InChI is InChI=1S/C14H19N3/c1-3-12-6-4-5-7-13(12)14(15)17-10-8-16(2)9-11-17/h3-7,15H,1,8-11H2,2H3. The van der Waals surface area contributed by atoms with Crippen LogP contribution < -0.4 is 0 Å². The Kier molecular flexibility index (Phi) is 3.59. The van der Waals surface area contributed by atoms with Crippen molar-refractivity contribution in [2.24, 2.45) is 0 Å². The van der Waals surface area contributed by atoms with Gasteiger partial charge in [0.25, 0.3) is 0 Å². The number of nitrogens with one attached hydrogen (secondary N) is 1. The van der Waals surface area contributed by atoms with Crippen molar-refractivity contribution in [3.05, 3.63) is 42.0 Å². The van der Waals surface area contributed by atoms with E-state index in [2.05, 4.69) is 23.4 Å². The number of likely N-dealkylation sites (N-methyl/N-ethyl adjacent to an activating group) is 1. The summed E-state index contributed by atoms with van der Waals surface area (Å²) in [6.07, 6.45) is 1.82. The number of hydrogen-bond donors (Lipinski definition) is 1. The van der Waals surface area contributed by atoms with Crippen LogP contribution in [-0.2, 0) is 0 Å². The molecule has 1 saturated heterocycles. The van der Waals surface area contributed by atoms with E-state index >= 15 is 0 Å². The maximum absolute atomic E-state index is 8.29. The van der Waals surface area contributed by atoms with Gasteiger partial charge in [-0.15, -0.1) is 0 Å². The van der Waals surface area contributed by atoms with E-state index < -0.39 is 0 Å². The van der Waals surface area contributed by atoms with Gasteiger partial charge in [0.2, 0.25) is 0 Å². The fourth-order valence-corrected chi connectivity index (χ4v) is 2.09. The van der Waals surface area contributed by atoms with E-state index in [1.54, 1.807) is 0 Å². The van der Waals surface area contributed by atoms with Crippen molar-refractivity contribution < 1.29 is 0 Å². The van der Waals surface area contributed by atoms with Crippen LogP contribution in [0.1, 0.15) is 11.1 Å². The molecule has 1 aromatic carbocycles. The number of benzene rings is 1. The summed E-state index contributed by atoms with van der Waals surface area (Å²) in [7, 11) is 2.12. The number of piperazine rings is 1. The predicted octanol–water partition coefficient (Wildman–Crippen LogP) is 1.90. The van der Waals surface area contributed by atoms with Crippen LogP contribution in [0.15, 0.2) is 30.8 Å². The summed E-state index contributed by atoms with van der Waals surface area (Å²) in [4.78, 5) is 4.44. The molecule has 1 aliphatic heterocycles. The van der Waals surface area contributed by atoms with E-state index in [0.717, 1.165) is 37.3 Å². The topological polar surface area (TPSA) is 30.3 Å². The second kappa shape index (κ2) is 5.15. The first-order valence-corrected chi connectivity index (χ1v) is 5.96. The van der Waals surface area contributed by atoms with Gasteiger partial charge in [-0.25, -0.2) is 0 Å². The summed E-state index contributed by atoms with van der Waals surface area (Å²) in [5, 5.41) is 8.29. The van der Waals surface area contributed by atoms with Gasteiger partial charge in [0.15, 0.2) is 0 Å². The zero-order valence-corrected chi connectivity index (χ0v) is 10.3. The molecule has 0 amide bonds. The highest BCUT2D eigenvalue weighted by molar-refractivity contribution is 5.99. The molecule has 0 radical (unpaired) electrons. The van der Waals surface area contributed by atoms with Crippen molar-refractivity contribution in [3.8, 4) is 0 Å². The van der Waals surface area contributed by atoms with Crippen molar-refractivity contribution in [2.45, 2.75) is 0 Å². The highest BCUT2D eigenvalue weighted by Gasteiger charge is 2.18. The van der Waals surface area contributed by atoms with Gasteiger partial charge in [-0.1, -0.05) is 36.9 Å². The SMILES string of the molecule is C=Cc1ccccc1C(=N)N1CCN(C)CC1. The molecule has 3 nitrogen and oxygen atoms in total. The van der Waals surface area contributed by atoms with E-state index in [-0.39, 0.29) is 0 Å². The Labute approximate surface area is 103 Å². The lowest BCUT2D eigenvalue weighted by Gasteiger charge is -2.34. The third-order valence-electron chi connectivity index (χ3n) is 3.26. The molecule has 90 valence electrons. The van der Waals surface area contributed by atoms with E-state index in [1.165, 1.54) is 0 Å². The van der Waals surface area contributed by atoms with Gasteiger partial charge in [-0.2, -0.15) is 0 Å². The van der Waals surface area contributed by atoms with Crippen molar-refractivity contribution in [1.82, 2.24) is 9.80 Å². The van der Waals surface area contributed by atoms with E-state index in [4.69, 9.17) is 5.41 Å². The van der Waals surface area contributed by atoms with Crippen LogP contribution >= 0.6 is 0 Å². The Morgan fingerprint density at radius 2 is 1.88 bits per heavy atom. The lowest BCUT2D eigenvalue weighted by Crippen LogP contribution is -2.47. The summed E-state index contributed by atoms with van der Waals surface area (Å²) in [5.41, 5.74) is 2.02. The van der Waals surface area contributed by atoms with Gasteiger partial charge in [0.1, 0.15) is 5.84 Å². The first kappa shape index (κ1) is 11.9. The zero-order chi connectivity index (χ0) is 12.3. The fraction of sp³-hybridized carbons (Fsp3) is 0.357. The molecule has 1 fully saturated rings. The third kappa shape index (κ3) is 2.56. The molecule has 17 heavy (non-hydrogen) atoms. The Morgan fingerprint density at radius 3 is 2.53 bits per heavy atom. The molecule has 0 atom stereocenters. The van der Waals surface area contributed by atoms with E-state index in [9.17, 15) is 0 Å². The summed E-state index contributed by atoms with van der Waals surface area (Å²) in [5.74, 6) is 0.619. The lowest BCUT2D eigenvalue weighted by molar-refractivity contribution is 0.215. The van der Waals surface area contributed by atoms with Crippen LogP contribution in [0.5, 0.6) is 0 Å². The first-order chi connectivity index (χ1) is 8.22. The fourth-order valence-electron chi connectivity index (χ4n) is 2.09. The zero-order valence-electron chi connectivity index (χ0n) is 10.3. The Hall–Kier alpha value is -1.61. The Morgan fingerprint density at radius 1 is 1.24 bits per heavy atom. The van der Waals surface area contributed by atoms with Crippen LogP contribution in [0.2, 0.25) is 0 Å². The molecule has 1 aliphatic rings. The van der Waals surface area contributed by atoms with Crippen molar-refractivity contribution in [3.63, 3.8) is 0 Å². The molecular formula is C14H19N3. The highest BCUT2D eigenvalue weighted by atomic mass is 15.3. The van der Waals surface area contributed by atoms with Gasteiger partial charge < -0.3 is 9.80 Å². The van der Waals surface area contributed by atoms with Crippen LogP contribution in [0.25, 0.3) is 6.08 Å². The minimum atomic E-state index is 0.619. The van der Waals surface area contributed by atoms with Gasteiger partial charge in [-0.05, 0) is 12.6 Å². The Balaban J connectivity index is 2.16. The lowest BCUT2D eigenvalue weighted by atomic mass is 10.1. The molecule has 0 saturated carbocycles. The molecular weight excluding hydrogens is 210 g/mol. The first-order valence-electron chi connectivity index (χ1n) is 5.96. The average molecular weight is 229 g/mol. The second-order valence-electron chi connectivity index (χ2n) is 4.43. The van der Waals surface area contributed by atoms with Gasteiger partial charge in [0.05, 0.1) is 0 Å². The molecule has 1 N–H and O–H groups in total. The number of amidine groups is 1. The van der Waals surface area contributed by atoms with Crippen LogP contribution in [0, 0.1) is 5.41 Å². The molecule has 0 spiro atoms. The molecule has 1 aromatic rings. The number of nitrogens with zero attached hydrogens (tertiary/aromatic N) is 2. The van der Waals surface area contributed by atoms with Crippen molar-refractivity contribution >= 4 is 11.9 Å². The maximum atomic E-state index is 8.29. The molecule has 0 aliphatic carbocycles. The van der Waals surface area contributed by atoms with Crippen LogP contribution in [-0.4, -0.2) is 48.9 Å². The molecule has 1 heterocycles. The molecule has 0 bridgehead atoms. The summed E-state index contributed by atoms with van der Waals surface area (Å²) in [6, 6.07) is 7.97. The number of hydrogen-bond acceptors (Lipinski definition) is 2. The minimum Gasteiger partial charge on any atom is -0.354 e. The average Bonchev–Trinajstić information content (AvgIpc) is 2.39. The summed E-state index contributed by atoms with van der Waals surface area (Å²) < 4.78 is 0. The predicted molar refractivity (Wildman–Crippen MR) is 72.4 cm³/mol. The normalized spacial score (nSPS) is 16.9. The van der Waals surface area contributed by atoms with Crippen LogP contribution in [0.4, 0.5) is 0 Å². The molecule has 0 aromatic heterocycles. The minimum absolute atomic E-state index is 0.619. The quantitative estimate of drug-likeness (QED) is 0.620. The molecule has 3 heteroatoms. The van der Waals surface area contributed by atoms with E-state index in [1.807, 2.05) is 30.3 Å². The van der Waals surface area contributed by atoms with E-state index in [0.29, 0.717) is 5.84 Å². The largest absolute Gasteiger partial charge is 0.354 e. The van der Waals surface area contributed by atoms with Crippen LogP contribution in [0.3, 0.4) is 0 Å². The Bertz CT molecular complexity index is 417. The monoisotopic (exact) mass is 229 g/mol. The smallest absolute Gasteiger partial charge is 0.128 e. The molecule has 0 unspecified atom stereocenters. The maximum Gasteiger partial charge on any atom is 0.128 e. The molecule has 2 rings (SSSR count). The van der Waals surface area contributed by atoms with Gasteiger partial charge >= 0.3 is 0 Å². The summed E-state index contributed by atoms with van der Waals surface area (Å²) in [6.45, 7) is 7.72. The second-order valence-corrected chi connectivity index (χ2v) is 4.43. The van der Waals surface area contributed by atoms with Gasteiger partial charge in [-0.3, -0.25) is 5.41 Å². The summed E-state index contributed by atoms with van der Waals surface area (Å²) >= 11 is 0. The van der Waals surface area contributed by atoms with Gasteiger partial charge in [0, 0.05) is 31.7 Å².